The molecule has 0 bridgehead atoms. The Bertz CT molecular complexity index is 341. The quantitative estimate of drug-likeness (QED) is 0.567. The number of hydrogen-bond acceptors (Lipinski definition) is 2. The van der Waals surface area contributed by atoms with Gasteiger partial charge in [0.15, 0.2) is 0 Å². The average molecular weight is 245 g/mol. The summed E-state index contributed by atoms with van der Waals surface area (Å²) in [5, 5.41) is 0. The van der Waals surface area contributed by atoms with Crippen molar-refractivity contribution < 1.29 is 4.79 Å². The van der Waals surface area contributed by atoms with Crippen LogP contribution in [0.4, 0.5) is 0 Å². The first-order valence-electron chi connectivity index (χ1n) is 7.10. The van der Waals surface area contributed by atoms with E-state index in [0.29, 0.717) is 5.92 Å². The Balaban J connectivity index is 1.58. The first-order chi connectivity index (χ1) is 8.88. The van der Waals surface area contributed by atoms with Gasteiger partial charge in [-0.2, -0.15) is 0 Å². The minimum absolute atomic E-state index is 0.325. The highest BCUT2D eigenvalue weighted by Gasteiger charge is 2.17. The van der Waals surface area contributed by atoms with Crippen LogP contribution in [0.5, 0.6) is 0 Å². The summed E-state index contributed by atoms with van der Waals surface area (Å²) in [7, 11) is 0. The maximum atomic E-state index is 10.7. The van der Waals surface area contributed by atoms with Crippen molar-refractivity contribution in [3.8, 4) is 0 Å². The maximum absolute atomic E-state index is 10.7. The van der Waals surface area contributed by atoms with Crippen LogP contribution in [0.2, 0.25) is 0 Å². The second-order valence-electron chi connectivity index (χ2n) is 5.26. The van der Waals surface area contributed by atoms with Crippen LogP contribution in [0.3, 0.4) is 0 Å². The van der Waals surface area contributed by atoms with E-state index >= 15 is 0 Å². The lowest BCUT2D eigenvalue weighted by molar-refractivity contribution is -0.112. The molecule has 1 aliphatic rings. The summed E-state index contributed by atoms with van der Waals surface area (Å²) >= 11 is 0. The third-order valence-corrected chi connectivity index (χ3v) is 3.86. The van der Waals surface area contributed by atoms with Gasteiger partial charge < -0.3 is 9.69 Å². The molecule has 1 heterocycles. The van der Waals surface area contributed by atoms with Gasteiger partial charge in [0.25, 0.3) is 0 Å². The Labute approximate surface area is 110 Å². The second kappa shape index (κ2) is 7.32. The largest absolute Gasteiger partial charge is 0.303 e. The number of unbranched alkanes of at least 4 members (excludes halogenated alkanes) is 1. The van der Waals surface area contributed by atoms with E-state index in [1.165, 1.54) is 31.4 Å². The lowest BCUT2D eigenvalue weighted by atomic mass is 9.98. The van der Waals surface area contributed by atoms with Gasteiger partial charge in [-0.25, -0.2) is 0 Å². The van der Waals surface area contributed by atoms with Crippen molar-refractivity contribution in [1.82, 2.24) is 4.90 Å². The van der Waals surface area contributed by atoms with Gasteiger partial charge in [-0.1, -0.05) is 30.3 Å². The van der Waals surface area contributed by atoms with Gasteiger partial charge in [0.2, 0.25) is 0 Å². The van der Waals surface area contributed by atoms with Crippen LogP contribution in [0.15, 0.2) is 30.3 Å². The Morgan fingerprint density at radius 1 is 1.11 bits per heavy atom. The van der Waals surface area contributed by atoms with Crippen LogP contribution in [-0.2, 0) is 11.2 Å². The second-order valence-corrected chi connectivity index (χ2v) is 5.26. The number of rotatable bonds is 6. The van der Waals surface area contributed by atoms with Crippen molar-refractivity contribution in [3.63, 3.8) is 0 Å². The number of piperidine rings is 1. The van der Waals surface area contributed by atoms with Gasteiger partial charge in [0.1, 0.15) is 6.29 Å². The third-order valence-electron chi connectivity index (χ3n) is 3.86. The highest BCUT2D eigenvalue weighted by Crippen LogP contribution is 2.15. The third kappa shape index (κ3) is 4.26. The molecule has 0 unspecified atom stereocenters. The number of benzene rings is 1. The first-order valence-corrected chi connectivity index (χ1v) is 7.10. The molecule has 1 fully saturated rings. The van der Waals surface area contributed by atoms with E-state index in [1.54, 1.807) is 0 Å². The van der Waals surface area contributed by atoms with Gasteiger partial charge >= 0.3 is 0 Å². The van der Waals surface area contributed by atoms with Crippen LogP contribution in [0.25, 0.3) is 0 Å². The van der Waals surface area contributed by atoms with Gasteiger partial charge in [-0.3, -0.25) is 0 Å². The normalized spacial score (nSPS) is 17.8. The minimum atomic E-state index is 0.325. The molecule has 98 valence electrons. The highest BCUT2D eigenvalue weighted by atomic mass is 16.1. The van der Waals surface area contributed by atoms with E-state index in [0.717, 1.165) is 32.2 Å². The number of carbonyl (C=O) groups excluding carboxylic acids is 1. The molecule has 0 aliphatic carbocycles. The summed E-state index contributed by atoms with van der Waals surface area (Å²) in [4.78, 5) is 13.2. The molecule has 1 saturated heterocycles. The average Bonchev–Trinajstić information content (AvgIpc) is 2.45. The number of hydrogen-bond donors (Lipinski definition) is 0. The summed E-state index contributed by atoms with van der Waals surface area (Å²) in [6.07, 6.45) is 6.96. The number of nitrogens with zero attached hydrogens (tertiary/aromatic N) is 1. The molecule has 0 aromatic heterocycles. The number of likely N-dealkylation sites (tertiary alicyclic amines) is 1. The first kappa shape index (κ1) is 13.3. The van der Waals surface area contributed by atoms with Crippen LogP contribution < -0.4 is 0 Å². The van der Waals surface area contributed by atoms with Crippen LogP contribution in [0, 0.1) is 5.92 Å². The molecule has 2 heteroatoms. The molecule has 1 aliphatic heterocycles. The van der Waals surface area contributed by atoms with Crippen molar-refractivity contribution in [2.75, 3.05) is 19.6 Å². The van der Waals surface area contributed by atoms with E-state index in [4.69, 9.17) is 0 Å². The molecule has 0 radical (unpaired) electrons. The van der Waals surface area contributed by atoms with Crippen molar-refractivity contribution in [1.29, 1.82) is 0 Å². The van der Waals surface area contributed by atoms with Gasteiger partial charge in [0, 0.05) is 5.92 Å². The molecule has 1 aromatic rings. The Kier molecular flexibility index (Phi) is 5.40. The molecule has 1 aromatic carbocycles. The fourth-order valence-electron chi connectivity index (χ4n) is 2.62. The molecule has 18 heavy (non-hydrogen) atoms. The van der Waals surface area contributed by atoms with Crippen molar-refractivity contribution in [3.05, 3.63) is 35.9 Å². The smallest absolute Gasteiger partial charge is 0.123 e. The molecule has 0 atom stereocenters. The van der Waals surface area contributed by atoms with E-state index in [9.17, 15) is 4.79 Å². The zero-order valence-corrected chi connectivity index (χ0v) is 11.1. The summed E-state index contributed by atoms with van der Waals surface area (Å²) in [6.45, 7) is 3.40. The van der Waals surface area contributed by atoms with Crippen LogP contribution in [-0.4, -0.2) is 30.8 Å². The summed E-state index contributed by atoms with van der Waals surface area (Å²) in [5.74, 6) is 0.325. The monoisotopic (exact) mass is 245 g/mol. The van der Waals surface area contributed by atoms with Gasteiger partial charge in [-0.05, 0) is 57.3 Å². The molecule has 0 N–H and O–H groups in total. The van der Waals surface area contributed by atoms with Gasteiger partial charge in [-0.15, -0.1) is 0 Å². The van der Waals surface area contributed by atoms with Crippen molar-refractivity contribution in [2.24, 2.45) is 5.92 Å². The fraction of sp³-hybridized carbons (Fsp3) is 0.562. The predicted molar refractivity (Wildman–Crippen MR) is 74.6 cm³/mol. The number of aldehydes is 1. The summed E-state index contributed by atoms with van der Waals surface area (Å²) < 4.78 is 0. The standard InChI is InChI=1S/C16H23NO/c18-14-16-9-12-17(13-10-16)11-5-4-8-15-6-2-1-3-7-15/h1-3,6-7,14,16H,4-5,8-13H2. The van der Waals surface area contributed by atoms with E-state index < -0.39 is 0 Å². The summed E-state index contributed by atoms with van der Waals surface area (Å²) in [5.41, 5.74) is 1.44. The SMILES string of the molecule is O=CC1CCN(CCCCc2ccccc2)CC1. The topological polar surface area (TPSA) is 20.3 Å². The lowest BCUT2D eigenvalue weighted by Gasteiger charge is -2.29. The molecular weight excluding hydrogens is 222 g/mol. The number of carbonyl (C=O) groups is 1. The Morgan fingerprint density at radius 2 is 1.83 bits per heavy atom. The molecule has 0 saturated carbocycles. The molecule has 2 rings (SSSR count). The minimum Gasteiger partial charge on any atom is -0.303 e. The maximum Gasteiger partial charge on any atom is 0.123 e. The molecular formula is C16H23NO. The zero-order valence-electron chi connectivity index (χ0n) is 11.1. The Hall–Kier alpha value is -1.15. The van der Waals surface area contributed by atoms with Crippen LogP contribution in [0.1, 0.15) is 31.2 Å². The fourth-order valence-corrected chi connectivity index (χ4v) is 2.62. The van der Waals surface area contributed by atoms with E-state index in [1.807, 2.05) is 0 Å². The van der Waals surface area contributed by atoms with Gasteiger partial charge in [0.05, 0.1) is 0 Å². The number of aryl methyl sites for hydroxylation is 1. The molecule has 2 nitrogen and oxygen atoms in total. The molecule has 0 spiro atoms. The van der Waals surface area contributed by atoms with Crippen molar-refractivity contribution in [2.45, 2.75) is 32.1 Å². The highest BCUT2D eigenvalue weighted by molar-refractivity contribution is 5.53. The lowest BCUT2D eigenvalue weighted by Crippen LogP contribution is -2.34. The van der Waals surface area contributed by atoms with Crippen molar-refractivity contribution >= 4 is 6.29 Å². The zero-order chi connectivity index (χ0) is 12.6. The van der Waals surface area contributed by atoms with E-state index in [-0.39, 0.29) is 0 Å². The Morgan fingerprint density at radius 3 is 2.50 bits per heavy atom. The summed E-state index contributed by atoms with van der Waals surface area (Å²) in [6, 6.07) is 10.7. The predicted octanol–water partition coefficient (Wildman–Crippen LogP) is 2.92. The molecule has 0 amide bonds. The van der Waals surface area contributed by atoms with Crippen LogP contribution >= 0.6 is 0 Å². The van der Waals surface area contributed by atoms with E-state index in [2.05, 4.69) is 35.2 Å².